The number of methoxy groups -OCH3 is 1. The normalized spacial score (nSPS) is 36.8. The average Bonchev–Trinajstić information content (AvgIpc) is 2.99. The number of hydrogen-bond acceptors (Lipinski definition) is 4. The van der Waals surface area contributed by atoms with Crippen LogP contribution in [0.1, 0.15) is 31.0 Å². The smallest absolute Gasteiger partial charge is 0.319 e. The molecule has 2 aromatic rings. The van der Waals surface area contributed by atoms with Gasteiger partial charge in [-0.2, -0.15) is 0 Å². The molecule has 3 aliphatic heterocycles. The number of ether oxygens (including phenoxy) is 1. The second kappa shape index (κ2) is 5.54. The van der Waals surface area contributed by atoms with Gasteiger partial charge in [-0.15, -0.1) is 0 Å². The van der Waals surface area contributed by atoms with Crippen LogP contribution in [0.5, 0.6) is 0 Å². The number of rotatable bonds is 2. The minimum Gasteiger partial charge on any atom is -0.468 e. The zero-order valence-electron chi connectivity index (χ0n) is 16.0. The number of hydrogen-bond donors (Lipinski definition) is 2. The number of carbonyl (C=O) groups excluding carboxylic acids is 1. The molecule has 4 heterocycles. The van der Waals surface area contributed by atoms with E-state index in [0.29, 0.717) is 31.6 Å². The van der Waals surface area contributed by atoms with Gasteiger partial charge in [-0.1, -0.05) is 18.2 Å². The van der Waals surface area contributed by atoms with Gasteiger partial charge in [-0.3, -0.25) is 9.69 Å². The van der Waals surface area contributed by atoms with Gasteiger partial charge in [0.15, 0.2) is 0 Å². The number of halogens is 2. The zero-order valence-corrected chi connectivity index (χ0v) is 16.0. The van der Waals surface area contributed by atoms with Crippen molar-refractivity contribution in [3.63, 3.8) is 0 Å². The molecule has 0 amide bonds. The highest BCUT2D eigenvalue weighted by molar-refractivity contribution is 5.92. The second-order valence-electron chi connectivity index (χ2n) is 8.72. The maximum atomic E-state index is 14.8. The Balaban J connectivity index is 1.84. The number of piperidine rings is 2. The van der Waals surface area contributed by atoms with Crippen molar-refractivity contribution >= 4 is 16.9 Å². The summed E-state index contributed by atoms with van der Waals surface area (Å²) in [5, 5.41) is 12.3. The lowest BCUT2D eigenvalue weighted by Crippen LogP contribution is -2.78. The number of H-pyrrole nitrogens is 1. The number of aromatic amines is 1. The van der Waals surface area contributed by atoms with Crippen molar-refractivity contribution in [3.8, 4) is 0 Å². The van der Waals surface area contributed by atoms with Crippen LogP contribution in [0.25, 0.3) is 10.9 Å². The Hall–Kier alpha value is -1.99. The summed E-state index contributed by atoms with van der Waals surface area (Å²) in [5.74, 6) is -4.10. The Bertz CT molecular complexity index is 968. The van der Waals surface area contributed by atoms with E-state index in [1.807, 2.05) is 29.2 Å². The van der Waals surface area contributed by atoms with E-state index in [4.69, 9.17) is 4.74 Å². The van der Waals surface area contributed by atoms with Crippen molar-refractivity contribution in [1.82, 2.24) is 9.88 Å². The number of alkyl halides is 2. The molecule has 0 spiro atoms. The molecule has 28 heavy (non-hydrogen) atoms. The highest BCUT2D eigenvalue weighted by atomic mass is 19.3. The summed E-state index contributed by atoms with van der Waals surface area (Å²) in [7, 11) is 1.29. The molecule has 150 valence electrons. The lowest BCUT2D eigenvalue weighted by atomic mass is 9.53. The van der Waals surface area contributed by atoms with Crippen molar-refractivity contribution in [2.45, 2.75) is 49.2 Å². The summed E-state index contributed by atoms with van der Waals surface area (Å²) >= 11 is 0. The minimum absolute atomic E-state index is 0.00796. The predicted octanol–water partition coefficient (Wildman–Crippen LogP) is 2.62. The first kappa shape index (κ1) is 18.1. The van der Waals surface area contributed by atoms with Crippen LogP contribution in [-0.4, -0.2) is 58.7 Å². The SMILES string of the molecule is COC(=O)C12CC3CN(CCc4c1[nH]c1ccccc41)C2C(O)(C(C)(F)F)C3. The van der Waals surface area contributed by atoms with Crippen LogP contribution in [-0.2, 0) is 21.4 Å². The molecule has 3 fully saturated rings. The van der Waals surface area contributed by atoms with Crippen LogP contribution in [0.2, 0.25) is 0 Å². The fourth-order valence-corrected chi connectivity index (χ4v) is 6.23. The first-order valence-corrected chi connectivity index (χ1v) is 9.75. The second-order valence-corrected chi connectivity index (χ2v) is 8.72. The number of nitrogens with one attached hydrogen (secondary N) is 1. The van der Waals surface area contributed by atoms with E-state index in [2.05, 4.69) is 4.98 Å². The molecule has 0 radical (unpaired) electrons. The fraction of sp³-hybridized carbons (Fsp3) is 0.571. The van der Waals surface area contributed by atoms with Gasteiger partial charge >= 0.3 is 5.97 Å². The zero-order chi connectivity index (χ0) is 19.9. The Morgan fingerprint density at radius 1 is 1.36 bits per heavy atom. The molecular formula is C21H24F2N2O3. The number of carbonyl (C=O) groups is 1. The number of nitrogens with zero attached hydrogens (tertiary/aromatic N) is 1. The molecule has 4 aliphatic rings. The maximum Gasteiger partial charge on any atom is 0.319 e. The summed E-state index contributed by atoms with van der Waals surface area (Å²) in [5.41, 5.74) is -1.15. The average molecular weight is 390 g/mol. The summed E-state index contributed by atoms with van der Waals surface area (Å²) in [6.45, 7) is 1.90. The van der Waals surface area contributed by atoms with E-state index in [-0.39, 0.29) is 12.3 Å². The summed E-state index contributed by atoms with van der Waals surface area (Å²) in [4.78, 5) is 18.5. The molecule has 1 saturated carbocycles. The van der Waals surface area contributed by atoms with Crippen LogP contribution >= 0.6 is 0 Å². The summed E-state index contributed by atoms with van der Waals surface area (Å²) < 4.78 is 34.7. The number of esters is 1. The quantitative estimate of drug-likeness (QED) is 0.774. The van der Waals surface area contributed by atoms with E-state index in [0.717, 1.165) is 23.4 Å². The minimum atomic E-state index is -3.34. The highest BCUT2D eigenvalue weighted by Gasteiger charge is 2.73. The van der Waals surface area contributed by atoms with Gasteiger partial charge in [0.2, 0.25) is 0 Å². The lowest BCUT2D eigenvalue weighted by Gasteiger charge is -2.62. The van der Waals surface area contributed by atoms with Gasteiger partial charge in [-0.25, -0.2) is 8.78 Å². The van der Waals surface area contributed by atoms with Crippen molar-refractivity contribution in [2.24, 2.45) is 5.92 Å². The first-order chi connectivity index (χ1) is 13.2. The maximum absolute atomic E-state index is 14.8. The van der Waals surface area contributed by atoms with Gasteiger partial charge in [0, 0.05) is 36.6 Å². The molecule has 5 atom stereocenters. The molecule has 5 nitrogen and oxygen atoms in total. The largest absolute Gasteiger partial charge is 0.468 e. The van der Waals surface area contributed by atoms with Crippen LogP contribution in [0, 0.1) is 5.92 Å². The fourth-order valence-electron chi connectivity index (χ4n) is 6.23. The molecule has 1 aliphatic carbocycles. The van der Waals surface area contributed by atoms with Gasteiger partial charge in [0.1, 0.15) is 11.0 Å². The van der Waals surface area contributed by atoms with Crippen molar-refractivity contribution in [3.05, 3.63) is 35.5 Å². The molecule has 5 unspecified atom stereocenters. The lowest BCUT2D eigenvalue weighted by molar-refractivity contribution is -0.262. The third-order valence-electron chi connectivity index (χ3n) is 7.21. The monoisotopic (exact) mass is 390 g/mol. The Kier molecular flexibility index (Phi) is 3.57. The van der Waals surface area contributed by atoms with Crippen LogP contribution in [0.4, 0.5) is 8.78 Å². The molecule has 7 heteroatoms. The Morgan fingerprint density at radius 2 is 2.11 bits per heavy atom. The third kappa shape index (κ3) is 2.04. The predicted molar refractivity (Wildman–Crippen MR) is 99.4 cm³/mol. The number of fused-ring (bicyclic) bond motifs is 4. The standard InChI is InChI=1S/C21H24F2N2O3/c1-19(22,23)21(27)10-12-9-20(18(26)28-2)16-14(7-8-25(11-12)17(20)21)13-5-3-4-6-15(13)24-16/h3-6,12,17,24,27H,7-11H2,1-2H3. The van der Waals surface area contributed by atoms with Gasteiger partial charge in [0.05, 0.1) is 13.2 Å². The van der Waals surface area contributed by atoms with Gasteiger partial charge in [-0.05, 0) is 36.8 Å². The van der Waals surface area contributed by atoms with Gasteiger partial charge < -0.3 is 14.8 Å². The van der Waals surface area contributed by atoms with E-state index in [1.165, 1.54) is 7.11 Å². The number of para-hydroxylation sites is 1. The molecule has 1 aromatic heterocycles. The van der Waals surface area contributed by atoms with Crippen LogP contribution in [0.15, 0.2) is 24.3 Å². The Morgan fingerprint density at radius 3 is 2.82 bits per heavy atom. The van der Waals surface area contributed by atoms with Crippen LogP contribution < -0.4 is 0 Å². The number of aromatic nitrogens is 1. The number of benzene rings is 1. The first-order valence-electron chi connectivity index (χ1n) is 9.75. The molecule has 6 rings (SSSR count). The number of aliphatic hydroxyl groups is 1. The molecule has 1 aromatic carbocycles. The summed E-state index contributed by atoms with van der Waals surface area (Å²) in [6, 6.07) is 6.71. The van der Waals surface area contributed by atoms with Gasteiger partial charge in [0.25, 0.3) is 5.92 Å². The Labute approximate surface area is 161 Å². The highest BCUT2D eigenvalue weighted by Crippen LogP contribution is 2.59. The van der Waals surface area contributed by atoms with E-state index in [9.17, 15) is 18.7 Å². The molecule has 4 bridgehead atoms. The topological polar surface area (TPSA) is 65.6 Å². The molecule has 2 N–H and O–H groups in total. The summed E-state index contributed by atoms with van der Waals surface area (Å²) in [6.07, 6.45) is 1.03. The van der Waals surface area contributed by atoms with Crippen molar-refractivity contribution in [1.29, 1.82) is 0 Å². The van der Waals surface area contributed by atoms with Crippen LogP contribution in [0.3, 0.4) is 0 Å². The van der Waals surface area contributed by atoms with Crippen molar-refractivity contribution in [2.75, 3.05) is 20.2 Å². The van der Waals surface area contributed by atoms with E-state index < -0.39 is 28.9 Å². The van der Waals surface area contributed by atoms with E-state index in [1.54, 1.807) is 0 Å². The third-order valence-corrected chi connectivity index (χ3v) is 7.21. The molecular weight excluding hydrogens is 366 g/mol. The van der Waals surface area contributed by atoms with E-state index >= 15 is 0 Å². The van der Waals surface area contributed by atoms with Crippen molar-refractivity contribution < 1.29 is 23.4 Å². The molecule has 2 saturated heterocycles.